The van der Waals surface area contributed by atoms with E-state index in [1.165, 1.54) is 0 Å². The van der Waals surface area contributed by atoms with Crippen molar-refractivity contribution in [2.75, 3.05) is 20.3 Å². The summed E-state index contributed by atoms with van der Waals surface area (Å²) in [5.41, 5.74) is -0.827. The van der Waals surface area contributed by atoms with Gasteiger partial charge in [-0.3, -0.25) is 24.8 Å². The Morgan fingerprint density at radius 3 is 2.71 bits per heavy atom. The van der Waals surface area contributed by atoms with Gasteiger partial charge < -0.3 is 15.2 Å². The third-order valence-electron chi connectivity index (χ3n) is 4.89. The molecule has 4 rings (SSSR count). The number of aromatic hydroxyl groups is 1. The lowest BCUT2D eigenvalue weighted by atomic mass is 9.87. The van der Waals surface area contributed by atoms with E-state index in [0.717, 1.165) is 0 Å². The largest absolute Gasteiger partial charge is 0.494 e. The van der Waals surface area contributed by atoms with Crippen LogP contribution < -0.4 is 16.1 Å². The number of hydrogen-bond acceptors (Lipinski definition) is 7. The first-order chi connectivity index (χ1) is 13.5. The molecular weight excluding hydrogens is 362 g/mol. The first-order valence-corrected chi connectivity index (χ1v) is 8.71. The van der Waals surface area contributed by atoms with Crippen LogP contribution in [0.15, 0.2) is 29.1 Å². The van der Waals surface area contributed by atoms with E-state index in [4.69, 9.17) is 10.1 Å². The quantitative estimate of drug-likeness (QED) is 0.374. The summed E-state index contributed by atoms with van der Waals surface area (Å²) in [6, 6.07) is 6.69. The Hall–Kier alpha value is -3.52. The van der Waals surface area contributed by atoms with Crippen molar-refractivity contribution in [3.8, 4) is 5.88 Å². The summed E-state index contributed by atoms with van der Waals surface area (Å²) in [6.45, 7) is 0.816. The number of Topliss-reactive ketones (excluding diaryl/α,β-unsaturated/α-hetero) is 2. The number of fused-ring (bicyclic) bond motifs is 2. The van der Waals surface area contributed by atoms with Crippen molar-refractivity contribution in [1.82, 2.24) is 10.3 Å². The highest BCUT2D eigenvalue weighted by atomic mass is 16.5. The summed E-state index contributed by atoms with van der Waals surface area (Å²) in [7, 11) is 1.56. The maximum absolute atomic E-state index is 12.8. The Morgan fingerprint density at radius 1 is 1.18 bits per heavy atom. The molecule has 0 spiro atoms. The van der Waals surface area contributed by atoms with Crippen LogP contribution in [-0.2, 0) is 14.3 Å². The lowest BCUT2D eigenvalue weighted by molar-refractivity contribution is -0.129. The third kappa shape index (κ3) is 2.49. The molecule has 0 bridgehead atoms. The van der Waals surface area contributed by atoms with Gasteiger partial charge in [0.25, 0.3) is 17.1 Å². The summed E-state index contributed by atoms with van der Waals surface area (Å²) in [5, 5.41) is 23.1. The number of methoxy groups -OCH3 is 1. The highest BCUT2D eigenvalue weighted by Gasteiger charge is 2.33. The van der Waals surface area contributed by atoms with Crippen LogP contribution in [0.25, 0.3) is 27.2 Å². The molecule has 3 aromatic rings. The molecule has 0 saturated heterocycles. The van der Waals surface area contributed by atoms with Gasteiger partial charge in [-0.2, -0.15) is 0 Å². The molecule has 8 nitrogen and oxygen atoms in total. The zero-order chi connectivity index (χ0) is 20.0. The minimum Gasteiger partial charge on any atom is -0.494 e. The summed E-state index contributed by atoms with van der Waals surface area (Å²) in [6.07, 6.45) is 0.586. The number of nitrogens with one attached hydrogen (secondary N) is 3. The molecule has 0 fully saturated rings. The second-order valence-corrected chi connectivity index (χ2v) is 6.56. The van der Waals surface area contributed by atoms with E-state index in [1.807, 2.05) is 0 Å². The Labute approximate surface area is 158 Å². The van der Waals surface area contributed by atoms with Crippen molar-refractivity contribution in [1.29, 1.82) is 5.41 Å². The third-order valence-corrected chi connectivity index (χ3v) is 4.89. The molecule has 0 atom stereocenters. The highest BCUT2D eigenvalue weighted by molar-refractivity contribution is 6.75. The SMILES string of the molecule is COCCCNC1=c2c(cc3cccc4c(O)[nH]c(=O)c2c34)C(=N)C(=O)C1=O. The fraction of sp³-hybridized carbons (Fsp3) is 0.200. The summed E-state index contributed by atoms with van der Waals surface area (Å²) in [4.78, 5) is 40.1. The van der Waals surface area contributed by atoms with Crippen LogP contribution in [0.4, 0.5) is 0 Å². The second kappa shape index (κ2) is 6.58. The average molecular weight is 379 g/mol. The molecule has 28 heavy (non-hydrogen) atoms. The highest BCUT2D eigenvalue weighted by Crippen LogP contribution is 2.29. The molecule has 2 aromatic carbocycles. The van der Waals surface area contributed by atoms with Gasteiger partial charge in [0, 0.05) is 41.8 Å². The molecule has 1 heterocycles. The Kier molecular flexibility index (Phi) is 4.20. The standard InChI is InChI=1S/C20H17N3O5/c1-28-7-3-6-22-16-13-11(15(21)17(24)18(16)25)8-9-4-2-5-10-12(9)14(13)20(27)23-19(10)26/h2,4-5,8,21-22H,3,6-7H2,1H3,(H2,23,26,27). The first-order valence-electron chi connectivity index (χ1n) is 8.71. The number of aromatic amines is 1. The first kappa shape index (κ1) is 17.9. The predicted octanol–water partition coefficient (Wildman–Crippen LogP) is 0.360. The van der Waals surface area contributed by atoms with Crippen LogP contribution in [0, 0.1) is 5.41 Å². The average Bonchev–Trinajstić information content (AvgIpc) is 2.69. The smallest absolute Gasteiger partial charge is 0.259 e. The van der Waals surface area contributed by atoms with Crippen molar-refractivity contribution in [2.45, 2.75) is 6.42 Å². The molecule has 0 saturated carbocycles. The zero-order valence-corrected chi connectivity index (χ0v) is 15.0. The number of H-pyrrole nitrogens is 1. The fourth-order valence-electron chi connectivity index (χ4n) is 3.64. The lowest BCUT2D eigenvalue weighted by Gasteiger charge is -2.19. The van der Waals surface area contributed by atoms with E-state index in [9.17, 15) is 19.5 Å². The molecule has 0 radical (unpaired) electrons. The molecule has 0 unspecified atom stereocenters. The molecule has 1 aliphatic rings. The fourth-order valence-corrected chi connectivity index (χ4v) is 3.64. The molecule has 0 amide bonds. The minimum atomic E-state index is -0.921. The van der Waals surface area contributed by atoms with Crippen LogP contribution >= 0.6 is 0 Å². The van der Waals surface area contributed by atoms with E-state index >= 15 is 0 Å². The van der Waals surface area contributed by atoms with E-state index in [-0.39, 0.29) is 27.7 Å². The van der Waals surface area contributed by atoms with Gasteiger partial charge in [-0.05, 0) is 23.9 Å². The Morgan fingerprint density at radius 2 is 1.96 bits per heavy atom. The summed E-state index contributed by atoms with van der Waals surface area (Å²) >= 11 is 0. The van der Waals surface area contributed by atoms with Gasteiger partial charge in [0.1, 0.15) is 5.71 Å². The molecule has 142 valence electrons. The Balaban J connectivity index is 2.16. The molecular formula is C20H17N3O5. The van der Waals surface area contributed by atoms with Gasteiger partial charge in [0.15, 0.2) is 5.88 Å². The normalized spacial score (nSPS) is 14.2. The van der Waals surface area contributed by atoms with Crippen molar-refractivity contribution in [2.24, 2.45) is 0 Å². The number of carbonyl (C=O) groups is 2. The van der Waals surface area contributed by atoms with E-state index in [1.54, 1.807) is 31.4 Å². The van der Waals surface area contributed by atoms with Crippen molar-refractivity contribution in [3.05, 3.63) is 45.4 Å². The predicted molar refractivity (Wildman–Crippen MR) is 104 cm³/mol. The van der Waals surface area contributed by atoms with Crippen LogP contribution in [0.3, 0.4) is 0 Å². The van der Waals surface area contributed by atoms with Gasteiger partial charge in [-0.25, -0.2) is 0 Å². The zero-order valence-electron chi connectivity index (χ0n) is 15.0. The molecule has 8 heteroatoms. The number of benzene rings is 2. The number of carbonyl (C=O) groups excluding carboxylic acids is 2. The maximum atomic E-state index is 12.8. The van der Waals surface area contributed by atoms with Gasteiger partial charge >= 0.3 is 0 Å². The second-order valence-electron chi connectivity index (χ2n) is 6.56. The number of aromatic nitrogens is 1. The minimum absolute atomic E-state index is 0.00431. The van der Waals surface area contributed by atoms with E-state index in [2.05, 4.69) is 10.3 Å². The van der Waals surface area contributed by atoms with Crippen LogP contribution in [0.5, 0.6) is 5.88 Å². The topological polar surface area (TPSA) is 132 Å². The van der Waals surface area contributed by atoms with E-state index in [0.29, 0.717) is 35.7 Å². The summed E-state index contributed by atoms with van der Waals surface area (Å²) in [5.74, 6) is -2.05. The van der Waals surface area contributed by atoms with Gasteiger partial charge in [0.05, 0.1) is 11.1 Å². The lowest BCUT2D eigenvalue weighted by Crippen LogP contribution is -2.44. The molecule has 0 aliphatic heterocycles. The monoisotopic (exact) mass is 379 g/mol. The van der Waals surface area contributed by atoms with Gasteiger partial charge in [-0.15, -0.1) is 0 Å². The molecule has 1 aromatic heterocycles. The molecule has 4 N–H and O–H groups in total. The number of rotatable bonds is 5. The maximum Gasteiger partial charge on any atom is 0.259 e. The van der Waals surface area contributed by atoms with Crippen LogP contribution in [-0.4, -0.2) is 47.6 Å². The van der Waals surface area contributed by atoms with E-state index < -0.39 is 22.8 Å². The van der Waals surface area contributed by atoms with Gasteiger partial charge in [-0.1, -0.05) is 12.1 Å². The van der Waals surface area contributed by atoms with Crippen LogP contribution in [0.2, 0.25) is 0 Å². The van der Waals surface area contributed by atoms with Crippen molar-refractivity contribution >= 4 is 44.5 Å². The van der Waals surface area contributed by atoms with Crippen LogP contribution in [0.1, 0.15) is 12.0 Å². The Bertz CT molecular complexity index is 1290. The number of hydrogen-bond donors (Lipinski definition) is 4. The van der Waals surface area contributed by atoms with Crippen molar-refractivity contribution < 1.29 is 19.4 Å². The number of ketones is 2. The number of ether oxygens (including phenoxy) is 1. The molecule has 1 aliphatic carbocycles. The summed E-state index contributed by atoms with van der Waals surface area (Å²) < 4.78 is 4.99. The number of pyridine rings is 1. The van der Waals surface area contributed by atoms with Gasteiger partial charge in [0.2, 0.25) is 0 Å². The van der Waals surface area contributed by atoms with Crippen molar-refractivity contribution in [3.63, 3.8) is 0 Å².